The number of carbonyl (C=O) groups is 2. The molecule has 6 heteroatoms. The number of amides is 2. The number of aliphatic carboxylic acids is 1. The molecular formula is C12H20N2O3S. The van der Waals surface area contributed by atoms with Gasteiger partial charge in [0, 0.05) is 25.4 Å². The number of hydrogen-bond donors (Lipinski definition) is 1. The monoisotopic (exact) mass is 272 g/mol. The van der Waals surface area contributed by atoms with Gasteiger partial charge in [-0.15, -0.1) is 0 Å². The van der Waals surface area contributed by atoms with Gasteiger partial charge in [0.15, 0.2) is 0 Å². The molecule has 2 atom stereocenters. The van der Waals surface area contributed by atoms with Crippen LogP contribution in [0.25, 0.3) is 0 Å². The molecule has 0 bridgehead atoms. The van der Waals surface area contributed by atoms with Crippen LogP contribution >= 0.6 is 11.8 Å². The quantitative estimate of drug-likeness (QED) is 0.827. The summed E-state index contributed by atoms with van der Waals surface area (Å²) in [4.78, 5) is 26.8. The number of carbonyl (C=O) groups excluding carboxylic acids is 1. The summed E-state index contributed by atoms with van der Waals surface area (Å²) in [6.45, 7) is 0.569. The van der Waals surface area contributed by atoms with Crippen LogP contribution in [0.3, 0.4) is 0 Å². The molecule has 0 aliphatic carbocycles. The van der Waals surface area contributed by atoms with E-state index < -0.39 is 12.0 Å². The zero-order valence-electron chi connectivity index (χ0n) is 10.7. The Bertz CT molecular complexity index is 331. The minimum atomic E-state index is -0.878. The minimum Gasteiger partial charge on any atom is -0.480 e. The number of thioether (sulfide) groups is 1. The molecular weight excluding hydrogens is 252 g/mol. The van der Waals surface area contributed by atoms with E-state index in [1.54, 1.807) is 11.9 Å². The van der Waals surface area contributed by atoms with Gasteiger partial charge < -0.3 is 14.9 Å². The van der Waals surface area contributed by atoms with E-state index in [0.717, 1.165) is 30.8 Å². The summed E-state index contributed by atoms with van der Waals surface area (Å²) in [5, 5.41) is 9.19. The molecule has 1 N–H and O–H groups in total. The first-order chi connectivity index (χ1) is 8.61. The Morgan fingerprint density at radius 2 is 2.11 bits per heavy atom. The van der Waals surface area contributed by atoms with Gasteiger partial charge in [0.25, 0.3) is 0 Å². The molecule has 2 saturated heterocycles. The largest absolute Gasteiger partial charge is 0.480 e. The van der Waals surface area contributed by atoms with Crippen LogP contribution in [0, 0.1) is 0 Å². The van der Waals surface area contributed by atoms with Crippen molar-refractivity contribution in [1.82, 2.24) is 9.80 Å². The Balaban J connectivity index is 2.03. The lowest BCUT2D eigenvalue weighted by molar-refractivity contribution is -0.143. The molecule has 5 nitrogen and oxygen atoms in total. The molecule has 0 spiro atoms. The molecule has 0 aromatic rings. The molecule has 18 heavy (non-hydrogen) atoms. The number of nitrogens with zero attached hydrogens (tertiary/aromatic N) is 2. The second kappa shape index (κ2) is 5.82. The number of rotatable bonds is 2. The van der Waals surface area contributed by atoms with E-state index in [9.17, 15) is 14.7 Å². The fraction of sp³-hybridized carbons (Fsp3) is 0.833. The fourth-order valence-corrected chi connectivity index (χ4v) is 3.87. The van der Waals surface area contributed by atoms with Crippen molar-refractivity contribution in [2.24, 2.45) is 0 Å². The zero-order chi connectivity index (χ0) is 13.1. The van der Waals surface area contributed by atoms with Crippen LogP contribution in [0.5, 0.6) is 0 Å². The van der Waals surface area contributed by atoms with Crippen LogP contribution in [-0.2, 0) is 4.79 Å². The van der Waals surface area contributed by atoms with E-state index in [1.165, 1.54) is 4.90 Å². The van der Waals surface area contributed by atoms with Gasteiger partial charge in [-0.3, -0.25) is 0 Å². The lowest BCUT2D eigenvalue weighted by atomic mass is 10.0. The van der Waals surface area contributed by atoms with E-state index >= 15 is 0 Å². The lowest BCUT2D eigenvalue weighted by Gasteiger charge is -2.37. The average Bonchev–Trinajstić information content (AvgIpc) is 2.90. The van der Waals surface area contributed by atoms with E-state index in [-0.39, 0.29) is 12.1 Å². The molecule has 2 aliphatic rings. The Kier molecular flexibility index (Phi) is 4.37. The van der Waals surface area contributed by atoms with Crippen LogP contribution in [0.4, 0.5) is 4.79 Å². The van der Waals surface area contributed by atoms with Gasteiger partial charge in [-0.2, -0.15) is 11.8 Å². The molecule has 2 heterocycles. The smallest absolute Gasteiger partial charge is 0.326 e. The highest BCUT2D eigenvalue weighted by molar-refractivity contribution is 7.99. The standard InChI is InChI=1S/C12H20N2O3S/c1-13(9-5-7-18-8-9)12(17)14-6-3-2-4-10(14)11(15)16/h9-10H,2-8H2,1H3,(H,15,16). The molecule has 0 saturated carbocycles. The Morgan fingerprint density at radius 3 is 2.72 bits per heavy atom. The molecule has 2 unspecified atom stereocenters. The van der Waals surface area contributed by atoms with Gasteiger partial charge in [0.05, 0.1) is 0 Å². The van der Waals surface area contributed by atoms with Crippen molar-refractivity contribution in [3.8, 4) is 0 Å². The minimum absolute atomic E-state index is 0.116. The maximum Gasteiger partial charge on any atom is 0.326 e. The average molecular weight is 272 g/mol. The van der Waals surface area contributed by atoms with E-state index in [2.05, 4.69) is 0 Å². The zero-order valence-corrected chi connectivity index (χ0v) is 11.5. The summed E-state index contributed by atoms with van der Waals surface area (Å²) in [7, 11) is 1.80. The van der Waals surface area contributed by atoms with Crippen molar-refractivity contribution < 1.29 is 14.7 Å². The van der Waals surface area contributed by atoms with Crippen molar-refractivity contribution in [2.75, 3.05) is 25.1 Å². The van der Waals surface area contributed by atoms with Crippen molar-refractivity contribution in [2.45, 2.75) is 37.8 Å². The van der Waals surface area contributed by atoms with Crippen molar-refractivity contribution in [3.63, 3.8) is 0 Å². The molecule has 2 rings (SSSR count). The topological polar surface area (TPSA) is 60.9 Å². The van der Waals surface area contributed by atoms with Crippen molar-refractivity contribution in [3.05, 3.63) is 0 Å². The van der Waals surface area contributed by atoms with Crippen LogP contribution in [0.15, 0.2) is 0 Å². The Labute approximate surface area is 112 Å². The van der Waals surface area contributed by atoms with Gasteiger partial charge in [0.2, 0.25) is 0 Å². The number of carboxylic acid groups (broad SMARTS) is 1. The molecule has 0 aromatic heterocycles. The second-order valence-electron chi connectivity index (χ2n) is 4.95. The highest BCUT2D eigenvalue weighted by Gasteiger charge is 2.35. The molecule has 0 aromatic carbocycles. The molecule has 102 valence electrons. The summed E-state index contributed by atoms with van der Waals surface area (Å²) in [6.07, 6.45) is 3.39. The predicted octanol–water partition coefficient (Wildman–Crippen LogP) is 1.48. The summed E-state index contributed by atoms with van der Waals surface area (Å²) < 4.78 is 0. The number of likely N-dealkylation sites (tertiary alicyclic amines) is 1. The first kappa shape index (κ1) is 13.5. The van der Waals surface area contributed by atoms with E-state index in [0.29, 0.717) is 13.0 Å². The summed E-state index contributed by atoms with van der Waals surface area (Å²) in [5.41, 5.74) is 0. The van der Waals surface area contributed by atoms with Crippen LogP contribution in [0.2, 0.25) is 0 Å². The third-order valence-electron chi connectivity index (χ3n) is 3.79. The van der Waals surface area contributed by atoms with Gasteiger partial charge >= 0.3 is 12.0 Å². The highest BCUT2D eigenvalue weighted by Crippen LogP contribution is 2.24. The van der Waals surface area contributed by atoms with E-state index in [1.807, 2.05) is 11.8 Å². The fourth-order valence-electron chi connectivity index (χ4n) is 2.60. The van der Waals surface area contributed by atoms with Crippen LogP contribution < -0.4 is 0 Å². The maximum atomic E-state index is 12.4. The van der Waals surface area contributed by atoms with Crippen LogP contribution in [-0.4, -0.2) is 64.1 Å². The normalized spacial score (nSPS) is 28.2. The highest BCUT2D eigenvalue weighted by atomic mass is 32.2. The van der Waals surface area contributed by atoms with Crippen molar-refractivity contribution >= 4 is 23.8 Å². The van der Waals surface area contributed by atoms with Gasteiger partial charge in [-0.25, -0.2) is 9.59 Å². The van der Waals surface area contributed by atoms with Gasteiger partial charge in [-0.1, -0.05) is 0 Å². The number of urea groups is 1. The maximum absolute atomic E-state index is 12.4. The third kappa shape index (κ3) is 2.74. The molecule has 2 fully saturated rings. The first-order valence-corrected chi connectivity index (χ1v) is 7.60. The van der Waals surface area contributed by atoms with Crippen LogP contribution in [0.1, 0.15) is 25.7 Å². The number of piperidine rings is 1. The number of carboxylic acids is 1. The Hall–Kier alpha value is -0.910. The summed E-state index contributed by atoms with van der Waals surface area (Å²) in [5.74, 6) is 1.18. The summed E-state index contributed by atoms with van der Waals surface area (Å²) in [6, 6.07) is -0.490. The van der Waals surface area contributed by atoms with Crippen molar-refractivity contribution in [1.29, 1.82) is 0 Å². The molecule has 2 amide bonds. The SMILES string of the molecule is CN(C(=O)N1CCCCC1C(=O)O)C1CCSC1. The third-order valence-corrected chi connectivity index (χ3v) is 4.93. The first-order valence-electron chi connectivity index (χ1n) is 6.45. The van der Waals surface area contributed by atoms with Gasteiger partial charge in [-0.05, 0) is 31.4 Å². The lowest BCUT2D eigenvalue weighted by Crippen LogP contribution is -2.54. The summed E-state index contributed by atoms with van der Waals surface area (Å²) >= 11 is 1.85. The van der Waals surface area contributed by atoms with E-state index in [4.69, 9.17) is 0 Å². The predicted molar refractivity (Wildman–Crippen MR) is 70.9 cm³/mol. The Morgan fingerprint density at radius 1 is 1.33 bits per heavy atom. The number of hydrogen-bond acceptors (Lipinski definition) is 3. The molecule has 2 aliphatic heterocycles. The van der Waals surface area contributed by atoms with Gasteiger partial charge in [0.1, 0.15) is 6.04 Å². The second-order valence-corrected chi connectivity index (χ2v) is 6.10. The molecule has 0 radical (unpaired) electrons.